The number of nitrogens with zero attached hydrogens (tertiary/aromatic N) is 4. The molecule has 2 aliphatic heterocycles. The third-order valence-corrected chi connectivity index (χ3v) is 19.5. The second-order valence-electron chi connectivity index (χ2n) is 20.0. The highest BCUT2D eigenvalue weighted by Crippen LogP contribution is 2.61. The van der Waals surface area contributed by atoms with E-state index in [1.54, 1.807) is 0 Å². The van der Waals surface area contributed by atoms with Crippen LogP contribution < -0.4 is 14.4 Å². The number of ether oxygens (including phenoxy) is 2. The summed E-state index contributed by atoms with van der Waals surface area (Å²) in [7, 11) is 1.35. The van der Waals surface area contributed by atoms with E-state index in [2.05, 4.69) is 87.0 Å². The Morgan fingerprint density at radius 2 is 1.59 bits per heavy atom. The molecule has 1 saturated heterocycles. The van der Waals surface area contributed by atoms with Crippen molar-refractivity contribution < 1.29 is 33.1 Å². The predicted octanol–water partition coefficient (Wildman–Crippen LogP) is 9.68. The van der Waals surface area contributed by atoms with Gasteiger partial charge in [0.05, 0.1) is 11.6 Å². The molecule has 2 fully saturated rings. The third kappa shape index (κ3) is 7.08. The number of hydrogen-bond donors (Lipinski definition) is 1. The number of aliphatic hydroxyl groups is 1. The van der Waals surface area contributed by atoms with E-state index >= 15 is 9.59 Å². The number of carbonyl (C=O) groups is 2. The average molecular weight is 883 g/mol. The Bertz CT molecular complexity index is 2500. The molecule has 3 aromatic carbocycles. The molecule has 5 aliphatic rings. The lowest BCUT2D eigenvalue weighted by atomic mass is 9.56. The molecule has 3 aliphatic carbocycles. The lowest BCUT2D eigenvalue weighted by Gasteiger charge is -2.55. The van der Waals surface area contributed by atoms with E-state index in [4.69, 9.17) is 18.4 Å². The van der Waals surface area contributed by atoms with Gasteiger partial charge in [0.2, 0.25) is 11.6 Å². The molecule has 0 bridgehead atoms. The average Bonchev–Trinajstić information content (AvgIpc) is 3.86. The van der Waals surface area contributed by atoms with Crippen LogP contribution in [0.2, 0.25) is 18.1 Å². The molecule has 1 N–H and O–H groups in total. The first-order valence-corrected chi connectivity index (χ1v) is 25.6. The van der Waals surface area contributed by atoms with Crippen molar-refractivity contribution >= 4 is 31.3 Å². The Labute approximate surface area is 378 Å². The minimum Gasteiger partial charge on any atom is -0.507 e. The van der Waals surface area contributed by atoms with Gasteiger partial charge < -0.3 is 28.4 Å². The van der Waals surface area contributed by atoms with Gasteiger partial charge in [0.1, 0.15) is 30.3 Å². The van der Waals surface area contributed by atoms with Gasteiger partial charge >= 0.3 is 0 Å². The summed E-state index contributed by atoms with van der Waals surface area (Å²) in [5.41, 5.74) is 3.85. The molecule has 336 valence electrons. The highest BCUT2D eigenvalue weighted by atomic mass is 28.4. The van der Waals surface area contributed by atoms with Gasteiger partial charge in [-0.15, -0.1) is 13.2 Å². The molecule has 0 radical (unpaired) electrons. The fourth-order valence-corrected chi connectivity index (χ4v) is 12.6. The molecule has 64 heavy (non-hydrogen) atoms. The minimum atomic E-state index is -2.98. The zero-order valence-electron chi connectivity index (χ0n) is 38.4. The summed E-state index contributed by atoms with van der Waals surface area (Å²) in [6.07, 6.45) is 5.52. The number of fused-ring (bicyclic) bond motifs is 8. The van der Waals surface area contributed by atoms with Gasteiger partial charge in [-0.2, -0.15) is 0 Å². The summed E-state index contributed by atoms with van der Waals surface area (Å²) in [5, 5.41) is 17.1. The SMILES string of the molecule is C=CCN(CC=C)[C@@H]1c2onc(OCc3ccccc3)c2C(=O)C2(O[Si](C)(C)C(C)(C)C)C(=O)C3=C(O)c4c(OCc5ccccc5)cc5c(c4C[C@H]3C[C@@H]12)N(C)CC1CCN(C)C51. The Kier molecular flexibility index (Phi) is 11.4. The van der Waals surface area contributed by atoms with Crippen LogP contribution >= 0.6 is 0 Å². The van der Waals surface area contributed by atoms with Gasteiger partial charge in [-0.05, 0) is 96.3 Å². The molecule has 1 saturated carbocycles. The molecular weight excluding hydrogens is 821 g/mol. The van der Waals surface area contributed by atoms with Crippen molar-refractivity contribution in [3.8, 4) is 11.6 Å². The van der Waals surface area contributed by atoms with Crippen molar-refractivity contribution in [1.29, 1.82) is 0 Å². The maximum Gasteiger partial charge on any atom is 0.265 e. The second kappa shape index (κ2) is 16.6. The maximum atomic E-state index is 16.3. The van der Waals surface area contributed by atoms with E-state index in [1.807, 2.05) is 72.8 Å². The highest BCUT2D eigenvalue weighted by Gasteiger charge is 2.69. The number of ketones is 2. The van der Waals surface area contributed by atoms with Crippen LogP contribution in [0.1, 0.15) is 89.6 Å². The largest absolute Gasteiger partial charge is 0.507 e. The summed E-state index contributed by atoms with van der Waals surface area (Å²) >= 11 is 0. The van der Waals surface area contributed by atoms with Crippen molar-refractivity contribution in [3.05, 3.63) is 137 Å². The fourth-order valence-electron chi connectivity index (χ4n) is 11.2. The number of anilines is 1. The maximum absolute atomic E-state index is 16.3. The van der Waals surface area contributed by atoms with Gasteiger partial charge in [0, 0.05) is 49.9 Å². The topological polar surface area (TPSA) is 118 Å². The van der Waals surface area contributed by atoms with Gasteiger partial charge in [-0.1, -0.05) is 93.6 Å². The van der Waals surface area contributed by atoms with Gasteiger partial charge in [-0.3, -0.25) is 19.4 Å². The monoisotopic (exact) mass is 882 g/mol. The molecule has 1 aromatic heterocycles. The van der Waals surface area contributed by atoms with E-state index in [1.165, 1.54) is 5.56 Å². The van der Waals surface area contributed by atoms with Crippen molar-refractivity contribution in [2.24, 2.45) is 17.8 Å². The van der Waals surface area contributed by atoms with E-state index < -0.39 is 48.4 Å². The van der Waals surface area contributed by atoms with Crippen LogP contribution in [0.3, 0.4) is 0 Å². The van der Waals surface area contributed by atoms with Crippen LogP contribution in [0.25, 0.3) is 5.76 Å². The lowest BCUT2D eigenvalue weighted by Crippen LogP contribution is -2.68. The van der Waals surface area contributed by atoms with E-state index in [9.17, 15) is 5.11 Å². The fraction of sp³-hybridized carbons (Fsp3) is 0.442. The molecule has 11 nitrogen and oxygen atoms in total. The number of carbonyl (C=O) groups excluding carboxylic acids is 2. The smallest absolute Gasteiger partial charge is 0.265 e. The van der Waals surface area contributed by atoms with Gasteiger partial charge in [-0.25, -0.2) is 0 Å². The van der Waals surface area contributed by atoms with Crippen LogP contribution in [-0.4, -0.2) is 85.8 Å². The molecule has 4 aromatic rings. The Balaban J connectivity index is 1.26. The molecule has 3 unspecified atom stereocenters. The van der Waals surface area contributed by atoms with E-state index in [0.29, 0.717) is 48.9 Å². The van der Waals surface area contributed by atoms with Crippen molar-refractivity contribution in [1.82, 2.24) is 15.0 Å². The molecule has 0 amide bonds. The first-order valence-electron chi connectivity index (χ1n) is 22.7. The normalized spacial score (nSPS) is 25.2. The summed E-state index contributed by atoms with van der Waals surface area (Å²) in [6.45, 7) is 21.7. The standard InChI is InChI=1S/C52H62N4O7Si/c1-10-23-56(24-11-2)45-38-27-35-26-36-41(39(60-30-32-18-14-12-15-19-32)28-37-43-34(22-25-54(43)6)29-55(7)44(36)37)46(57)40(35)48(58)52(38,63-64(8,9)51(3,4)5)49(59)42-47(45)62-53-50(42)61-31-33-20-16-13-17-21-33/h10-21,28,34-35,38,43,45,57H,1-2,22-27,29-31H2,3-9H3/t34?,35-,38-,43?,45-,52?/m0/s1. The van der Waals surface area contributed by atoms with E-state index in [0.717, 1.165) is 41.9 Å². The molecule has 12 heteroatoms. The highest BCUT2D eigenvalue weighted by molar-refractivity contribution is 6.74. The molecule has 9 rings (SSSR count). The lowest BCUT2D eigenvalue weighted by molar-refractivity contribution is -0.141. The Morgan fingerprint density at radius 3 is 2.22 bits per heavy atom. The number of aliphatic hydroxyl groups excluding tert-OH is 1. The molecule has 6 atom stereocenters. The van der Waals surface area contributed by atoms with Crippen molar-refractivity contribution in [2.75, 3.05) is 45.2 Å². The van der Waals surface area contributed by atoms with Crippen LogP contribution in [0.4, 0.5) is 5.69 Å². The number of rotatable bonds is 13. The third-order valence-electron chi connectivity index (χ3n) is 15.1. The van der Waals surface area contributed by atoms with Crippen LogP contribution in [0.5, 0.6) is 11.6 Å². The first-order chi connectivity index (χ1) is 30.6. The second-order valence-corrected chi connectivity index (χ2v) is 24.8. The number of hydrogen-bond acceptors (Lipinski definition) is 11. The first kappa shape index (κ1) is 44.0. The van der Waals surface area contributed by atoms with Crippen molar-refractivity contribution in [3.63, 3.8) is 0 Å². The van der Waals surface area contributed by atoms with Gasteiger partial charge in [0.25, 0.3) is 5.88 Å². The minimum absolute atomic E-state index is 0.00577. The summed E-state index contributed by atoms with van der Waals surface area (Å²) in [6, 6.07) is 21.2. The summed E-state index contributed by atoms with van der Waals surface area (Å²) in [4.78, 5) is 39.2. The predicted molar refractivity (Wildman–Crippen MR) is 251 cm³/mol. The number of likely N-dealkylation sites (tertiary alicyclic amines) is 1. The number of aromatic nitrogens is 1. The molecule has 3 heterocycles. The van der Waals surface area contributed by atoms with Crippen LogP contribution in [0.15, 0.2) is 102 Å². The molecular formula is C52H62N4O7Si. The summed E-state index contributed by atoms with van der Waals surface area (Å²) in [5.74, 6) is -1.10. The van der Waals surface area contributed by atoms with Crippen molar-refractivity contribution in [2.45, 2.75) is 89.1 Å². The van der Waals surface area contributed by atoms with Gasteiger partial charge in [0.15, 0.2) is 19.7 Å². The van der Waals surface area contributed by atoms with Crippen LogP contribution in [0, 0.1) is 17.8 Å². The number of Topliss-reactive ketones (excluding diaryl/α,β-unsaturated/α-hetero) is 2. The quantitative estimate of drug-likeness (QED) is 0.0786. The zero-order chi connectivity index (χ0) is 45.3. The van der Waals surface area contributed by atoms with E-state index in [-0.39, 0.29) is 42.0 Å². The molecule has 0 spiro atoms. The summed E-state index contributed by atoms with van der Waals surface area (Å²) < 4.78 is 26.8. The van der Waals surface area contributed by atoms with Crippen LogP contribution in [-0.2, 0) is 28.9 Å². The Hall–Kier alpha value is -5.27. The number of benzene rings is 3. The Morgan fingerprint density at radius 1 is 0.953 bits per heavy atom. The zero-order valence-corrected chi connectivity index (χ0v) is 39.4.